The smallest absolute Gasteiger partial charge is 0.237 e. The largest absolute Gasteiger partial charge is 0.355 e. The summed E-state index contributed by atoms with van der Waals surface area (Å²) >= 11 is 0. The van der Waals surface area contributed by atoms with Crippen molar-refractivity contribution in [1.29, 1.82) is 0 Å². The topological polar surface area (TPSA) is 70.2 Å². The normalized spacial score (nSPS) is 18.1. The van der Waals surface area contributed by atoms with E-state index in [4.69, 9.17) is 0 Å². The van der Waals surface area contributed by atoms with E-state index in [-0.39, 0.29) is 17.9 Å². The number of nitrogens with one attached hydrogen (secondary N) is 3. The first-order chi connectivity index (χ1) is 8.59. The van der Waals surface area contributed by atoms with Gasteiger partial charge in [-0.05, 0) is 19.8 Å². The molecule has 1 aliphatic carbocycles. The molecule has 0 aromatic heterocycles. The minimum atomic E-state index is -0.208. The molecule has 1 atom stereocenters. The summed E-state index contributed by atoms with van der Waals surface area (Å²) in [6.45, 7) is 4.50. The molecule has 1 saturated carbocycles. The summed E-state index contributed by atoms with van der Waals surface area (Å²) < 4.78 is 0. The lowest BCUT2D eigenvalue weighted by Gasteiger charge is -2.24. The van der Waals surface area contributed by atoms with E-state index in [9.17, 15) is 9.59 Å². The molecule has 0 saturated heterocycles. The first-order valence-corrected chi connectivity index (χ1v) is 6.88. The van der Waals surface area contributed by atoms with Gasteiger partial charge in [-0.25, -0.2) is 0 Å². The Hall–Kier alpha value is -1.10. The molecule has 0 radical (unpaired) electrons. The van der Waals surface area contributed by atoms with Gasteiger partial charge in [0.25, 0.3) is 0 Å². The Morgan fingerprint density at radius 1 is 1.17 bits per heavy atom. The fourth-order valence-corrected chi connectivity index (χ4v) is 2.19. The second kappa shape index (κ2) is 8.08. The molecule has 0 aromatic carbocycles. The van der Waals surface area contributed by atoms with Crippen molar-refractivity contribution in [1.82, 2.24) is 16.0 Å². The maximum atomic E-state index is 11.9. The average molecular weight is 255 g/mol. The van der Waals surface area contributed by atoms with Gasteiger partial charge in [-0.15, -0.1) is 0 Å². The quantitative estimate of drug-likeness (QED) is 0.607. The Morgan fingerprint density at radius 2 is 1.83 bits per heavy atom. The van der Waals surface area contributed by atoms with Crippen LogP contribution in [0.15, 0.2) is 0 Å². The zero-order chi connectivity index (χ0) is 13.4. The lowest BCUT2D eigenvalue weighted by atomic mass is 9.95. The first kappa shape index (κ1) is 15.0. The van der Waals surface area contributed by atoms with Gasteiger partial charge in [0.05, 0.1) is 6.04 Å². The van der Waals surface area contributed by atoms with Crippen LogP contribution < -0.4 is 16.0 Å². The lowest BCUT2D eigenvalue weighted by molar-refractivity contribution is -0.123. The van der Waals surface area contributed by atoms with Crippen molar-refractivity contribution in [3.05, 3.63) is 0 Å². The molecule has 0 aliphatic heterocycles. The summed E-state index contributed by atoms with van der Waals surface area (Å²) in [6.07, 6.45) is 5.93. The third kappa shape index (κ3) is 6.00. The highest BCUT2D eigenvalue weighted by Gasteiger charge is 2.18. The maximum absolute atomic E-state index is 11.9. The number of hydrogen-bond donors (Lipinski definition) is 3. The molecular formula is C13H25N3O2. The van der Waals surface area contributed by atoms with Gasteiger partial charge < -0.3 is 16.0 Å². The van der Waals surface area contributed by atoms with Crippen LogP contribution in [0, 0.1) is 0 Å². The number of carbonyl (C=O) groups is 2. The van der Waals surface area contributed by atoms with E-state index in [1.807, 2.05) is 6.92 Å². The molecule has 5 nitrogen and oxygen atoms in total. The van der Waals surface area contributed by atoms with E-state index in [1.54, 1.807) is 0 Å². The van der Waals surface area contributed by atoms with Crippen LogP contribution in [0.25, 0.3) is 0 Å². The Balaban J connectivity index is 2.13. The third-order valence-corrected chi connectivity index (χ3v) is 3.29. The van der Waals surface area contributed by atoms with Gasteiger partial charge in [0.15, 0.2) is 0 Å². The fourth-order valence-electron chi connectivity index (χ4n) is 2.19. The SMILES string of the molecule is CC(=O)NCCNC(C)C(=O)NC1CCCCC1. The second-order valence-corrected chi connectivity index (χ2v) is 5.00. The highest BCUT2D eigenvalue weighted by atomic mass is 16.2. The number of hydrogen-bond acceptors (Lipinski definition) is 3. The molecule has 18 heavy (non-hydrogen) atoms. The molecule has 1 fully saturated rings. The molecule has 1 rings (SSSR count). The predicted molar refractivity (Wildman–Crippen MR) is 71.2 cm³/mol. The Kier molecular flexibility index (Phi) is 6.72. The molecule has 0 bridgehead atoms. The predicted octanol–water partition coefficient (Wildman–Crippen LogP) is 0.549. The highest BCUT2D eigenvalue weighted by Crippen LogP contribution is 2.17. The van der Waals surface area contributed by atoms with Gasteiger partial charge in [-0.2, -0.15) is 0 Å². The molecule has 0 aromatic rings. The molecule has 1 unspecified atom stereocenters. The second-order valence-electron chi connectivity index (χ2n) is 5.00. The first-order valence-electron chi connectivity index (χ1n) is 6.88. The summed E-state index contributed by atoms with van der Waals surface area (Å²) in [4.78, 5) is 22.5. The summed E-state index contributed by atoms with van der Waals surface area (Å²) in [5.74, 6) is 0.0147. The maximum Gasteiger partial charge on any atom is 0.237 e. The van der Waals surface area contributed by atoms with Crippen LogP contribution in [0.3, 0.4) is 0 Å². The van der Waals surface area contributed by atoms with Crippen LogP contribution in [-0.4, -0.2) is 37.0 Å². The number of carbonyl (C=O) groups excluding carboxylic acids is 2. The molecule has 5 heteroatoms. The third-order valence-electron chi connectivity index (χ3n) is 3.29. The summed E-state index contributed by atoms with van der Waals surface area (Å²) in [5.41, 5.74) is 0. The van der Waals surface area contributed by atoms with E-state index >= 15 is 0 Å². The van der Waals surface area contributed by atoms with E-state index in [1.165, 1.54) is 26.2 Å². The standard InChI is InChI=1S/C13H25N3O2/c1-10(14-8-9-15-11(2)17)13(18)16-12-6-4-3-5-7-12/h10,12,14H,3-9H2,1-2H3,(H,15,17)(H,16,18). The van der Waals surface area contributed by atoms with Gasteiger partial charge in [0, 0.05) is 26.1 Å². The summed E-state index contributed by atoms with van der Waals surface area (Å²) in [6, 6.07) is 0.145. The van der Waals surface area contributed by atoms with Crippen LogP contribution >= 0.6 is 0 Å². The Bertz CT molecular complexity index is 275. The van der Waals surface area contributed by atoms with Crippen molar-refractivity contribution in [2.45, 2.75) is 58.0 Å². The van der Waals surface area contributed by atoms with Gasteiger partial charge >= 0.3 is 0 Å². The monoisotopic (exact) mass is 255 g/mol. The van der Waals surface area contributed by atoms with Crippen molar-refractivity contribution in [2.75, 3.05) is 13.1 Å². The zero-order valence-electron chi connectivity index (χ0n) is 11.4. The lowest BCUT2D eigenvalue weighted by Crippen LogP contribution is -2.48. The van der Waals surface area contributed by atoms with Crippen LogP contribution in [-0.2, 0) is 9.59 Å². The molecular weight excluding hydrogens is 230 g/mol. The number of amides is 2. The van der Waals surface area contributed by atoms with Gasteiger partial charge in [0.2, 0.25) is 11.8 Å². The summed E-state index contributed by atoms with van der Waals surface area (Å²) in [7, 11) is 0. The number of rotatable bonds is 6. The molecule has 1 aliphatic rings. The minimum Gasteiger partial charge on any atom is -0.355 e. The van der Waals surface area contributed by atoms with Crippen LogP contribution in [0.2, 0.25) is 0 Å². The van der Waals surface area contributed by atoms with Crippen LogP contribution in [0.4, 0.5) is 0 Å². The van der Waals surface area contributed by atoms with E-state index in [0.29, 0.717) is 19.1 Å². The van der Waals surface area contributed by atoms with Gasteiger partial charge in [-0.3, -0.25) is 9.59 Å². The fraction of sp³-hybridized carbons (Fsp3) is 0.846. The van der Waals surface area contributed by atoms with Gasteiger partial charge in [-0.1, -0.05) is 19.3 Å². The van der Waals surface area contributed by atoms with Crippen molar-refractivity contribution >= 4 is 11.8 Å². The minimum absolute atomic E-state index is 0.0453. The molecule has 0 heterocycles. The molecule has 104 valence electrons. The van der Waals surface area contributed by atoms with E-state index in [2.05, 4.69) is 16.0 Å². The van der Waals surface area contributed by atoms with Crippen LogP contribution in [0.5, 0.6) is 0 Å². The Labute approximate surface area is 109 Å². The van der Waals surface area contributed by atoms with Crippen molar-refractivity contribution in [3.8, 4) is 0 Å². The van der Waals surface area contributed by atoms with Gasteiger partial charge in [0.1, 0.15) is 0 Å². The zero-order valence-corrected chi connectivity index (χ0v) is 11.4. The summed E-state index contributed by atoms with van der Waals surface area (Å²) in [5, 5.41) is 8.87. The van der Waals surface area contributed by atoms with Crippen LogP contribution in [0.1, 0.15) is 46.0 Å². The van der Waals surface area contributed by atoms with Crippen molar-refractivity contribution in [3.63, 3.8) is 0 Å². The van der Waals surface area contributed by atoms with E-state index < -0.39 is 0 Å². The van der Waals surface area contributed by atoms with Crippen molar-refractivity contribution in [2.24, 2.45) is 0 Å². The molecule has 2 amide bonds. The average Bonchev–Trinajstić information content (AvgIpc) is 2.35. The highest BCUT2D eigenvalue weighted by molar-refractivity contribution is 5.81. The van der Waals surface area contributed by atoms with E-state index in [0.717, 1.165) is 12.8 Å². The molecule has 0 spiro atoms. The Morgan fingerprint density at radius 3 is 2.44 bits per heavy atom. The van der Waals surface area contributed by atoms with Crippen molar-refractivity contribution < 1.29 is 9.59 Å². The molecule has 3 N–H and O–H groups in total.